The van der Waals surface area contributed by atoms with Gasteiger partial charge in [-0.2, -0.15) is 4.52 Å². The smallest absolute Gasteiger partial charge is 0.281 e. The van der Waals surface area contributed by atoms with E-state index in [1.54, 1.807) is 0 Å². The van der Waals surface area contributed by atoms with E-state index in [1.807, 2.05) is 0 Å². The Labute approximate surface area is 88.3 Å². The van der Waals surface area contributed by atoms with Crippen molar-refractivity contribution in [3.63, 3.8) is 0 Å². The highest BCUT2D eigenvalue weighted by Gasteiger charge is 2.18. The summed E-state index contributed by atoms with van der Waals surface area (Å²) in [4.78, 5) is 16.8. The highest BCUT2D eigenvalue weighted by atomic mass is 32.1. The first-order valence-corrected chi connectivity index (χ1v) is 5.32. The minimum Gasteiger partial charge on any atom is -0.376 e. The van der Waals surface area contributed by atoms with Crippen LogP contribution >= 0.6 is 11.3 Å². The van der Waals surface area contributed by atoms with Gasteiger partial charge in [-0.3, -0.25) is 4.79 Å². The lowest BCUT2D eigenvalue weighted by Gasteiger charge is -2.13. The average molecular weight is 224 g/mol. The number of ether oxygens (including phenoxy) is 1. The molecule has 15 heavy (non-hydrogen) atoms. The lowest BCUT2D eigenvalue weighted by Crippen LogP contribution is -2.26. The zero-order valence-corrected chi connectivity index (χ0v) is 8.58. The molecule has 0 aromatic carbocycles. The van der Waals surface area contributed by atoms with Crippen LogP contribution in [0.25, 0.3) is 4.96 Å². The SMILES string of the molecule is Nc1nn2c(=O)c3c(nc2s1)CCOC3. The number of nitrogen functional groups attached to an aromatic ring is 1. The molecule has 0 saturated carbocycles. The standard InChI is InChI=1S/C8H8N4O2S/c9-7-11-12-6(13)4-3-14-2-1-5(4)10-8(12)15-7/h1-3H2,(H2,9,11). The zero-order chi connectivity index (χ0) is 10.4. The largest absolute Gasteiger partial charge is 0.376 e. The van der Waals surface area contributed by atoms with E-state index < -0.39 is 0 Å². The normalized spacial score (nSPS) is 15.5. The number of fused-ring (bicyclic) bond motifs is 2. The van der Waals surface area contributed by atoms with Crippen molar-refractivity contribution in [3.05, 3.63) is 21.6 Å². The summed E-state index contributed by atoms with van der Waals surface area (Å²) in [6.45, 7) is 0.936. The quantitative estimate of drug-likeness (QED) is 0.670. The molecule has 2 N–H and O–H groups in total. The molecular weight excluding hydrogens is 216 g/mol. The molecule has 0 bridgehead atoms. The molecule has 2 aromatic rings. The van der Waals surface area contributed by atoms with E-state index in [0.29, 0.717) is 35.3 Å². The molecule has 3 rings (SSSR count). The molecule has 7 heteroatoms. The molecule has 0 spiro atoms. The van der Waals surface area contributed by atoms with Crippen molar-refractivity contribution in [3.8, 4) is 0 Å². The fourth-order valence-electron chi connectivity index (χ4n) is 1.63. The van der Waals surface area contributed by atoms with Crippen LogP contribution in [0.2, 0.25) is 0 Å². The van der Waals surface area contributed by atoms with Gasteiger partial charge in [0.2, 0.25) is 10.1 Å². The van der Waals surface area contributed by atoms with Gasteiger partial charge in [-0.1, -0.05) is 11.3 Å². The number of aromatic nitrogens is 3. The highest BCUT2D eigenvalue weighted by Crippen LogP contribution is 2.17. The van der Waals surface area contributed by atoms with E-state index in [9.17, 15) is 4.79 Å². The van der Waals surface area contributed by atoms with E-state index in [1.165, 1.54) is 15.9 Å². The summed E-state index contributed by atoms with van der Waals surface area (Å²) in [5.74, 6) is 0. The zero-order valence-electron chi connectivity index (χ0n) is 7.77. The first-order valence-electron chi connectivity index (χ1n) is 4.50. The van der Waals surface area contributed by atoms with Crippen LogP contribution in [0, 0.1) is 0 Å². The number of nitrogens with zero attached hydrogens (tertiary/aromatic N) is 3. The fourth-order valence-corrected chi connectivity index (χ4v) is 2.31. The van der Waals surface area contributed by atoms with Gasteiger partial charge >= 0.3 is 0 Å². The maximum atomic E-state index is 11.9. The second-order valence-corrected chi connectivity index (χ2v) is 4.27. The number of nitrogens with two attached hydrogens (primary N) is 1. The van der Waals surface area contributed by atoms with Gasteiger partial charge in [0, 0.05) is 6.42 Å². The molecular formula is C8H8N4O2S. The molecule has 0 unspecified atom stereocenters. The van der Waals surface area contributed by atoms with E-state index in [4.69, 9.17) is 10.5 Å². The van der Waals surface area contributed by atoms with Gasteiger partial charge in [0.15, 0.2) is 0 Å². The minimum atomic E-state index is -0.164. The monoisotopic (exact) mass is 224 g/mol. The van der Waals surface area contributed by atoms with Crippen LogP contribution in [0.4, 0.5) is 5.13 Å². The van der Waals surface area contributed by atoms with Crippen LogP contribution in [0.3, 0.4) is 0 Å². The van der Waals surface area contributed by atoms with Gasteiger partial charge in [0.1, 0.15) is 0 Å². The number of hydrogen-bond acceptors (Lipinski definition) is 6. The van der Waals surface area contributed by atoms with Crippen molar-refractivity contribution in [2.45, 2.75) is 13.0 Å². The van der Waals surface area contributed by atoms with Gasteiger partial charge in [-0.05, 0) is 0 Å². The van der Waals surface area contributed by atoms with Crippen molar-refractivity contribution < 1.29 is 4.74 Å². The van der Waals surface area contributed by atoms with Crippen molar-refractivity contribution in [2.24, 2.45) is 0 Å². The third-order valence-electron chi connectivity index (χ3n) is 2.33. The lowest BCUT2D eigenvalue weighted by molar-refractivity contribution is 0.108. The third-order valence-corrected chi connectivity index (χ3v) is 3.07. The molecule has 1 aliphatic heterocycles. The summed E-state index contributed by atoms with van der Waals surface area (Å²) in [6.07, 6.45) is 0.679. The molecule has 0 amide bonds. The summed E-state index contributed by atoms with van der Waals surface area (Å²) in [5.41, 5.74) is 6.79. The van der Waals surface area contributed by atoms with Gasteiger partial charge < -0.3 is 10.5 Å². The molecule has 0 fully saturated rings. The second kappa shape index (κ2) is 3.01. The predicted molar refractivity (Wildman–Crippen MR) is 54.9 cm³/mol. The Hall–Kier alpha value is -1.47. The summed E-state index contributed by atoms with van der Waals surface area (Å²) in [7, 11) is 0. The number of hydrogen-bond donors (Lipinski definition) is 1. The van der Waals surface area contributed by atoms with Crippen LogP contribution in [0.1, 0.15) is 11.3 Å². The maximum Gasteiger partial charge on any atom is 0.281 e. The second-order valence-electron chi connectivity index (χ2n) is 3.28. The van der Waals surface area contributed by atoms with Gasteiger partial charge in [-0.25, -0.2) is 4.98 Å². The molecule has 1 aliphatic rings. The Morgan fingerprint density at radius 1 is 1.53 bits per heavy atom. The average Bonchev–Trinajstić information content (AvgIpc) is 2.59. The molecule has 0 radical (unpaired) electrons. The maximum absolute atomic E-state index is 11.9. The van der Waals surface area contributed by atoms with E-state index in [2.05, 4.69) is 10.1 Å². The predicted octanol–water partition coefficient (Wildman–Crippen LogP) is -0.194. The molecule has 6 nitrogen and oxygen atoms in total. The molecule has 0 atom stereocenters. The van der Waals surface area contributed by atoms with E-state index >= 15 is 0 Å². The fraction of sp³-hybridized carbons (Fsp3) is 0.375. The van der Waals surface area contributed by atoms with Gasteiger partial charge in [0.05, 0.1) is 24.5 Å². The van der Waals surface area contributed by atoms with Gasteiger partial charge in [-0.15, -0.1) is 5.10 Å². The first kappa shape index (κ1) is 8.81. The topological polar surface area (TPSA) is 82.5 Å². The summed E-state index contributed by atoms with van der Waals surface area (Å²) in [5, 5.41) is 4.25. The number of anilines is 1. The van der Waals surface area contributed by atoms with Crippen LogP contribution < -0.4 is 11.3 Å². The summed E-state index contributed by atoms with van der Waals surface area (Å²) in [6, 6.07) is 0. The van der Waals surface area contributed by atoms with Crippen LogP contribution in [-0.4, -0.2) is 21.2 Å². The van der Waals surface area contributed by atoms with Crippen LogP contribution in [0.5, 0.6) is 0 Å². The molecule has 0 saturated heterocycles. The molecule has 0 aliphatic carbocycles. The molecule has 3 heterocycles. The Bertz CT molecular complexity index is 588. The lowest BCUT2D eigenvalue weighted by atomic mass is 10.1. The molecule has 78 valence electrons. The summed E-state index contributed by atoms with van der Waals surface area (Å²) >= 11 is 1.22. The van der Waals surface area contributed by atoms with Crippen LogP contribution in [-0.2, 0) is 17.8 Å². The summed E-state index contributed by atoms with van der Waals surface area (Å²) < 4.78 is 6.47. The number of rotatable bonds is 0. The van der Waals surface area contributed by atoms with E-state index in [0.717, 1.165) is 5.69 Å². The first-order chi connectivity index (χ1) is 7.25. The molecule has 2 aromatic heterocycles. The minimum absolute atomic E-state index is 0.164. The van der Waals surface area contributed by atoms with Gasteiger partial charge in [0.25, 0.3) is 5.56 Å². The Balaban J connectivity index is 2.40. The van der Waals surface area contributed by atoms with E-state index in [-0.39, 0.29) is 5.56 Å². The Morgan fingerprint density at radius 3 is 3.27 bits per heavy atom. The van der Waals surface area contributed by atoms with Crippen molar-refractivity contribution in [2.75, 3.05) is 12.3 Å². The van der Waals surface area contributed by atoms with Crippen molar-refractivity contribution in [1.82, 2.24) is 14.6 Å². The van der Waals surface area contributed by atoms with Crippen LogP contribution in [0.15, 0.2) is 4.79 Å². The highest BCUT2D eigenvalue weighted by molar-refractivity contribution is 7.20. The Morgan fingerprint density at radius 2 is 2.40 bits per heavy atom. The van der Waals surface area contributed by atoms with Crippen molar-refractivity contribution >= 4 is 21.4 Å². The Kier molecular flexibility index (Phi) is 1.77. The van der Waals surface area contributed by atoms with Crippen molar-refractivity contribution in [1.29, 1.82) is 0 Å². The third kappa shape index (κ3) is 1.24.